The minimum atomic E-state index is -4.41. The predicted octanol–water partition coefficient (Wildman–Crippen LogP) is 4.32. The van der Waals surface area contributed by atoms with Gasteiger partial charge < -0.3 is 5.73 Å². The number of halogens is 4. The van der Waals surface area contributed by atoms with Gasteiger partial charge in [0.15, 0.2) is 0 Å². The van der Waals surface area contributed by atoms with Gasteiger partial charge in [0.05, 0.1) is 5.56 Å². The molecule has 0 spiro atoms. The van der Waals surface area contributed by atoms with Gasteiger partial charge in [0.2, 0.25) is 0 Å². The summed E-state index contributed by atoms with van der Waals surface area (Å²) in [6.07, 6.45) is -3.99. The summed E-state index contributed by atoms with van der Waals surface area (Å²) in [6.45, 7) is 5.45. The highest BCUT2D eigenvalue weighted by Gasteiger charge is 2.31. The molecule has 94 valence electrons. The molecule has 0 saturated carbocycles. The zero-order valence-electron chi connectivity index (χ0n) is 9.31. The van der Waals surface area contributed by atoms with E-state index in [1.54, 1.807) is 6.92 Å². The van der Waals surface area contributed by atoms with Gasteiger partial charge >= 0.3 is 6.18 Å². The van der Waals surface area contributed by atoms with Gasteiger partial charge in [-0.05, 0) is 37.1 Å². The molecule has 0 aliphatic heterocycles. The second kappa shape index (κ2) is 5.10. The van der Waals surface area contributed by atoms with Crippen molar-refractivity contribution >= 4 is 11.6 Å². The molecular weight excluding hydrogens is 251 g/mol. The van der Waals surface area contributed by atoms with E-state index < -0.39 is 17.8 Å². The summed E-state index contributed by atoms with van der Waals surface area (Å²) in [5.74, 6) is 0. The fraction of sp³-hybridized carbons (Fsp3) is 0.333. The number of hydrogen-bond donors (Lipinski definition) is 1. The van der Waals surface area contributed by atoms with E-state index in [0.717, 1.165) is 17.7 Å². The summed E-state index contributed by atoms with van der Waals surface area (Å²) in [6, 6.07) is 2.84. The molecule has 0 saturated heterocycles. The van der Waals surface area contributed by atoms with Crippen LogP contribution in [0.15, 0.2) is 30.4 Å². The Balaban J connectivity index is 3.09. The topological polar surface area (TPSA) is 26.0 Å². The minimum absolute atomic E-state index is 0.0343. The van der Waals surface area contributed by atoms with Crippen molar-refractivity contribution in [1.82, 2.24) is 0 Å². The van der Waals surface area contributed by atoms with E-state index in [0.29, 0.717) is 12.0 Å². The van der Waals surface area contributed by atoms with E-state index >= 15 is 0 Å². The van der Waals surface area contributed by atoms with Crippen LogP contribution in [0.2, 0.25) is 5.02 Å². The Morgan fingerprint density at radius 2 is 2.00 bits per heavy atom. The Bertz CT molecular complexity index is 426. The van der Waals surface area contributed by atoms with Gasteiger partial charge in [-0.3, -0.25) is 0 Å². The molecule has 0 aromatic heterocycles. The van der Waals surface area contributed by atoms with Gasteiger partial charge in [0, 0.05) is 11.1 Å². The monoisotopic (exact) mass is 263 g/mol. The van der Waals surface area contributed by atoms with Gasteiger partial charge in [-0.25, -0.2) is 0 Å². The molecule has 1 nitrogen and oxygen atoms in total. The molecule has 0 heterocycles. The van der Waals surface area contributed by atoms with Crippen molar-refractivity contribution in [2.45, 2.75) is 25.6 Å². The molecule has 0 fully saturated rings. The van der Waals surface area contributed by atoms with Crippen LogP contribution in [0.5, 0.6) is 0 Å². The first kappa shape index (κ1) is 14.1. The second-order valence-electron chi connectivity index (χ2n) is 4.04. The summed E-state index contributed by atoms with van der Waals surface area (Å²) in [7, 11) is 0. The third-order valence-electron chi connectivity index (χ3n) is 2.24. The van der Waals surface area contributed by atoms with Crippen molar-refractivity contribution in [2.24, 2.45) is 5.73 Å². The van der Waals surface area contributed by atoms with E-state index in [9.17, 15) is 13.2 Å². The van der Waals surface area contributed by atoms with Gasteiger partial charge in [0.1, 0.15) is 0 Å². The highest BCUT2D eigenvalue weighted by molar-refractivity contribution is 6.30. The smallest absolute Gasteiger partial charge is 0.324 e. The van der Waals surface area contributed by atoms with Crippen molar-refractivity contribution < 1.29 is 13.2 Å². The minimum Gasteiger partial charge on any atom is -0.324 e. The van der Waals surface area contributed by atoms with Crippen LogP contribution in [0.4, 0.5) is 13.2 Å². The first-order chi connectivity index (χ1) is 7.70. The van der Waals surface area contributed by atoms with E-state index in [2.05, 4.69) is 6.58 Å². The molecule has 2 N–H and O–H groups in total. The van der Waals surface area contributed by atoms with Crippen molar-refractivity contribution in [1.29, 1.82) is 0 Å². The summed E-state index contributed by atoms with van der Waals surface area (Å²) >= 11 is 5.66. The van der Waals surface area contributed by atoms with Crippen LogP contribution in [-0.2, 0) is 6.18 Å². The molecule has 1 aromatic carbocycles. The van der Waals surface area contributed by atoms with Crippen LogP contribution in [-0.4, -0.2) is 0 Å². The van der Waals surface area contributed by atoms with Gasteiger partial charge in [-0.2, -0.15) is 13.2 Å². The van der Waals surface area contributed by atoms with Crippen LogP contribution in [0.25, 0.3) is 0 Å². The molecule has 5 heteroatoms. The van der Waals surface area contributed by atoms with Crippen molar-refractivity contribution in [3.8, 4) is 0 Å². The van der Waals surface area contributed by atoms with E-state index in [4.69, 9.17) is 17.3 Å². The maximum absolute atomic E-state index is 12.6. The maximum Gasteiger partial charge on any atom is 0.416 e. The number of benzene rings is 1. The molecule has 1 atom stereocenters. The Morgan fingerprint density at radius 1 is 1.41 bits per heavy atom. The van der Waals surface area contributed by atoms with E-state index in [1.165, 1.54) is 6.07 Å². The molecule has 1 aromatic rings. The third-order valence-corrected chi connectivity index (χ3v) is 2.46. The lowest BCUT2D eigenvalue weighted by atomic mass is 9.99. The lowest BCUT2D eigenvalue weighted by Crippen LogP contribution is -2.13. The first-order valence-electron chi connectivity index (χ1n) is 4.98. The lowest BCUT2D eigenvalue weighted by Gasteiger charge is -2.15. The maximum atomic E-state index is 12.6. The van der Waals surface area contributed by atoms with Gasteiger partial charge in [-0.1, -0.05) is 17.2 Å². The fourth-order valence-corrected chi connectivity index (χ4v) is 1.73. The average molecular weight is 264 g/mol. The molecule has 17 heavy (non-hydrogen) atoms. The molecule has 0 radical (unpaired) electrons. The lowest BCUT2D eigenvalue weighted by molar-refractivity contribution is -0.137. The number of rotatable bonds is 3. The highest BCUT2D eigenvalue weighted by atomic mass is 35.5. The first-order valence-corrected chi connectivity index (χ1v) is 5.35. The zero-order chi connectivity index (χ0) is 13.2. The summed E-state index contributed by atoms with van der Waals surface area (Å²) in [4.78, 5) is 0. The van der Waals surface area contributed by atoms with Crippen LogP contribution >= 0.6 is 11.6 Å². The normalized spacial score (nSPS) is 13.5. The molecule has 1 rings (SSSR count). The van der Waals surface area contributed by atoms with Crippen LogP contribution in [0.3, 0.4) is 0 Å². The Labute approximate surface area is 103 Å². The molecule has 0 aliphatic rings. The molecule has 0 bridgehead atoms. The van der Waals surface area contributed by atoms with Crippen LogP contribution in [0, 0.1) is 0 Å². The largest absolute Gasteiger partial charge is 0.416 e. The van der Waals surface area contributed by atoms with Gasteiger partial charge in [0.25, 0.3) is 0 Å². The van der Waals surface area contributed by atoms with Crippen molar-refractivity contribution in [3.63, 3.8) is 0 Å². The fourth-order valence-electron chi connectivity index (χ4n) is 1.48. The third kappa shape index (κ3) is 4.06. The average Bonchev–Trinajstić information content (AvgIpc) is 2.14. The zero-order valence-corrected chi connectivity index (χ0v) is 10.1. The van der Waals surface area contributed by atoms with Crippen molar-refractivity contribution in [2.75, 3.05) is 0 Å². The quantitative estimate of drug-likeness (QED) is 0.808. The highest BCUT2D eigenvalue weighted by Crippen LogP contribution is 2.33. The predicted molar refractivity (Wildman–Crippen MR) is 62.8 cm³/mol. The molecular formula is C12H13ClF3N. The van der Waals surface area contributed by atoms with Crippen molar-refractivity contribution in [3.05, 3.63) is 46.5 Å². The summed E-state index contributed by atoms with van der Waals surface area (Å²) in [5.41, 5.74) is 6.19. The van der Waals surface area contributed by atoms with Crippen LogP contribution in [0.1, 0.15) is 30.5 Å². The Morgan fingerprint density at radius 3 is 2.47 bits per heavy atom. The SMILES string of the molecule is C=C(C)C[C@H](N)c1cc(Cl)cc(C(F)(F)F)c1. The summed E-state index contributed by atoms with van der Waals surface area (Å²) in [5, 5.41) is 0.0343. The standard InChI is InChI=1S/C12H13ClF3N/c1-7(2)3-11(17)8-4-9(12(14,15)16)6-10(13)5-8/h4-6,11H,1,3,17H2,2H3/t11-/m0/s1. The number of hydrogen-bond acceptors (Lipinski definition) is 1. The Hall–Kier alpha value is -1.00. The van der Waals surface area contributed by atoms with Crippen LogP contribution < -0.4 is 5.73 Å². The molecule has 0 aliphatic carbocycles. The second-order valence-corrected chi connectivity index (χ2v) is 4.48. The van der Waals surface area contributed by atoms with Gasteiger partial charge in [-0.15, -0.1) is 6.58 Å². The molecule has 0 amide bonds. The molecule has 0 unspecified atom stereocenters. The Kier molecular flexibility index (Phi) is 4.22. The summed E-state index contributed by atoms with van der Waals surface area (Å²) < 4.78 is 37.7. The number of nitrogens with two attached hydrogens (primary N) is 1. The number of alkyl halides is 3. The van der Waals surface area contributed by atoms with E-state index in [1.807, 2.05) is 0 Å². The van der Waals surface area contributed by atoms with E-state index in [-0.39, 0.29) is 5.02 Å².